The summed E-state index contributed by atoms with van der Waals surface area (Å²) in [5, 5.41) is 6.24. The molecule has 0 saturated carbocycles. The molecule has 132 valence electrons. The number of amides is 3. The molecule has 2 N–H and O–H groups in total. The molecule has 0 atom stereocenters. The maximum Gasteiger partial charge on any atom is 0.322 e. The van der Waals surface area contributed by atoms with Gasteiger partial charge in [0, 0.05) is 18.4 Å². The van der Waals surface area contributed by atoms with Crippen LogP contribution in [-0.4, -0.2) is 30.4 Å². The summed E-state index contributed by atoms with van der Waals surface area (Å²) in [6.45, 7) is 1.94. The Morgan fingerprint density at radius 1 is 1.04 bits per heavy atom. The number of aryl methyl sites for hydroxylation is 1. The fourth-order valence-corrected chi connectivity index (χ4v) is 2.52. The van der Waals surface area contributed by atoms with Crippen LogP contribution >= 0.6 is 23.2 Å². The second kappa shape index (κ2) is 8.74. The van der Waals surface area contributed by atoms with Gasteiger partial charge in [0.25, 0.3) is 0 Å². The molecule has 0 aromatic heterocycles. The van der Waals surface area contributed by atoms with Crippen molar-refractivity contribution in [1.29, 1.82) is 0 Å². The molecule has 2 aromatic carbocycles. The summed E-state index contributed by atoms with van der Waals surface area (Å²) < 4.78 is 0. The van der Waals surface area contributed by atoms with Crippen LogP contribution in [0.2, 0.25) is 10.0 Å². The Morgan fingerprint density at radius 2 is 1.76 bits per heavy atom. The third-order valence-electron chi connectivity index (χ3n) is 3.57. The van der Waals surface area contributed by atoms with Crippen LogP contribution in [-0.2, 0) is 11.2 Å². The van der Waals surface area contributed by atoms with Crippen LogP contribution in [0.4, 0.5) is 16.2 Å². The highest BCUT2D eigenvalue weighted by Gasteiger charge is 2.14. The van der Waals surface area contributed by atoms with Crippen molar-refractivity contribution in [3.63, 3.8) is 0 Å². The van der Waals surface area contributed by atoms with Crippen LogP contribution in [0.1, 0.15) is 12.5 Å². The Morgan fingerprint density at radius 3 is 2.44 bits per heavy atom. The zero-order valence-corrected chi connectivity index (χ0v) is 15.5. The van der Waals surface area contributed by atoms with Crippen LogP contribution in [0.5, 0.6) is 0 Å². The Bertz CT molecular complexity index is 781. The molecule has 0 aliphatic rings. The zero-order chi connectivity index (χ0) is 18.4. The van der Waals surface area contributed by atoms with Crippen LogP contribution in [0.15, 0.2) is 42.5 Å². The molecule has 2 rings (SSSR count). The van der Waals surface area contributed by atoms with Gasteiger partial charge in [-0.1, -0.05) is 48.3 Å². The molecular formula is C18H19Cl2N3O2. The van der Waals surface area contributed by atoms with Crippen molar-refractivity contribution in [3.05, 3.63) is 58.1 Å². The first-order valence-corrected chi connectivity index (χ1v) is 8.51. The molecule has 7 heteroatoms. The number of carbonyl (C=O) groups is 2. The molecule has 0 fully saturated rings. The maximum absolute atomic E-state index is 12.2. The number of likely N-dealkylation sites (N-methyl/N-ethyl adjacent to an activating group) is 1. The van der Waals surface area contributed by atoms with Crippen molar-refractivity contribution in [2.45, 2.75) is 13.3 Å². The van der Waals surface area contributed by atoms with Crippen molar-refractivity contribution < 1.29 is 9.59 Å². The van der Waals surface area contributed by atoms with Gasteiger partial charge in [-0.3, -0.25) is 4.79 Å². The van der Waals surface area contributed by atoms with Gasteiger partial charge < -0.3 is 15.5 Å². The lowest BCUT2D eigenvalue weighted by Crippen LogP contribution is -2.37. The van der Waals surface area contributed by atoms with Gasteiger partial charge in [0.1, 0.15) is 6.54 Å². The first kappa shape index (κ1) is 19.1. The van der Waals surface area contributed by atoms with Gasteiger partial charge in [-0.25, -0.2) is 4.79 Å². The fourth-order valence-electron chi connectivity index (χ4n) is 2.22. The summed E-state index contributed by atoms with van der Waals surface area (Å²) in [5.74, 6) is -0.271. The highest BCUT2D eigenvalue weighted by atomic mass is 35.5. The number of carbonyl (C=O) groups excluding carboxylic acids is 2. The zero-order valence-electron chi connectivity index (χ0n) is 14.0. The number of hydrogen-bond donors (Lipinski definition) is 2. The third-order valence-corrected chi connectivity index (χ3v) is 4.31. The number of nitrogens with one attached hydrogen (secondary N) is 2. The Balaban J connectivity index is 1.93. The summed E-state index contributed by atoms with van der Waals surface area (Å²) in [4.78, 5) is 25.6. The van der Waals surface area contributed by atoms with E-state index in [-0.39, 0.29) is 12.5 Å². The summed E-state index contributed by atoms with van der Waals surface area (Å²) in [5.41, 5.74) is 2.30. The van der Waals surface area contributed by atoms with E-state index in [0.717, 1.165) is 17.7 Å². The quantitative estimate of drug-likeness (QED) is 0.793. The second-order valence-corrected chi connectivity index (χ2v) is 6.29. The molecule has 0 radical (unpaired) electrons. The standard InChI is InChI=1S/C18H19Cl2N3O2/c1-3-12-6-4-5-7-16(12)22-17(24)11-23(2)18(25)21-13-8-9-14(19)15(20)10-13/h4-10H,3,11H2,1-2H3,(H,21,25)(H,22,24). The van der Waals surface area contributed by atoms with Gasteiger partial charge in [0.05, 0.1) is 10.0 Å². The summed E-state index contributed by atoms with van der Waals surface area (Å²) in [6.07, 6.45) is 0.810. The molecule has 25 heavy (non-hydrogen) atoms. The number of benzene rings is 2. The number of halogens is 2. The SMILES string of the molecule is CCc1ccccc1NC(=O)CN(C)C(=O)Nc1ccc(Cl)c(Cl)c1. The predicted molar refractivity (Wildman–Crippen MR) is 103 cm³/mol. The average molecular weight is 380 g/mol. The van der Waals surface area contributed by atoms with Crippen molar-refractivity contribution in [2.75, 3.05) is 24.2 Å². The van der Waals surface area contributed by atoms with Crippen LogP contribution in [0, 0.1) is 0 Å². The number of rotatable bonds is 5. The van der Waals surface area contributed by atoms with E-state index in [1.807, 2.05) is 31.2 Å². The van der Waals surface area contributed by atoms with Gasteiger partial charge in [-0.05, 0) is 36.2 Å². The Labute approximate surface area is 156 Å². The summed E-state index contributed by atoms with van der Waals surface area (Å²) >= 11 is 11.8. The smallest absolute Gasteiger partial charge is 0.322 e. The second-order valence-electron chi connectivity index (χ2n) is 5.47. The first-order valence-electron chi connectivity index (χ1n) is 7.75. The summed E-state index contributed by atoms with van der Waals surface area (Å²) in [7, 11) is 1.54. The number of nitrogens with zero attached hydrogens (tertiary/aromatic N) is 1. The number of anilines is 2. The van der Waals surface area contributed by atoms with E-state index in [9.17, 15) is 9.59 Å². The maximum atomic E-state index is 12.2. The van der Waals surface area contributed by atoms with Gasteiger partial charge in [0.2, 0.25) is 5.91 Å². The molecule has 0 aliphatic carbocycles. The number of para-hydroxylation sites is 1. The van der Waals surface area contributed by atoms with Gasteiger partial charge in [-0.2, -0.15) is 0 Å². The lowest BCUT2D eigenvalue weighted by Gasteiger charge is -2.18. The molecular weight excluding hydrogens is 361 g/mol. The minimum Gasteiger partial charge on any atom is -0.324 e. The molecule has 0 saturated heterocycles. The van der Waals surface area contributed by atoms with Crippen molar-refractivity contribution in [3.8, 4) is 0 Å². The van der Waals surface area contributed by atoms with E-state index in [2.05, 4.69) is 10.6 Å². The Kier molecular flexibility index (Phi) is 6.67. The topological polar surface area (TPSA) is 61.4 Å². The van der Waals surface area contributed by atoms with Gasteiger partial charge in [0.15, 0.2) is 0 Å². The predicted octanol–water partition coefficient (Wildman–Crippen LogP) is 4.66. The van der Waals surface area contributed by atoms with E-state index in [4.69, 9.17) is 23.2 Å². The molecule has 0 unspecified atom stereocenters. The van der Waals surface area contributed by atoms with E-state index in [1.165, 1.54) is 11.9 Å². The molecule has 0 spiro atoms. The van der Waals surface area contributed by atoms with Crippen LogP contribution in [0.25, 0.3) is 0 Å². The van der Waals surface area contributed by atoms with E-state index >= 15 is 0 Å². The fraction of sp³-hybridized carbons (Fsp3) is 0.222. The lowest BCUT2D eigenvalue weighted by atomic mass is 10.1. The Hall–Kier alpha value is -2.24. The van der Waals surface area contributed by atoms with Gasteiger partial charge in [-0.15, -0.1) is 0 Å². The van der Waals surface area contributed by atoms with Crippen molar-refractivity contribution in [2.24, 2.45) is 0 Å². The van der Waals surface area contributed by atoms with Crippen molar-refractivity contribution in [1.82, 2.24) is 4.90 Å². The van der Waals surface area contributed by atoms with Gasteiger partial charge >= 0.3 is 6.03 Å². The summed E-state index contributed by atoms with van der Waals surface area (Å²) in [6, 6.07) is 11.9. The molecule has 0 aliphatic heterocycles. The van der Waals surface area contributed by atoms with Crippen LogP contribution < -0.4 is 10.6 Å². The monoisotopic (exact) mass is 379 g/mol. The first-order chi connectivity index (χ1) is 11.9. The lowest BCUT2D eigenvalue weighted by molar-refractivity contribution is -0.116. The molecule has 5 nitrogen and oxygen atoms in total. The minimum absolute atomic E-state index is 0.0782. The largest absolute Gasteiger partial charge is 0.324 e. The van der Waals surface area contributed by atoms with Crippen molar-refractivity contribution >= 4 is 46.5 Å². The van der Waals surface area contributed by atoms with E-state index < -0.39 is 6.03 Å². The molecule has 0 heterocycles. The number of urea groups is 1. The minimum atomic E-state index is -0.419. The van der Waals surface area contributed by atoms with E-state index in [1.54, 1.807) is 18.2 Å². The molecule has 2 aromatic rings. The molecule has 3 amide bonds. The normalized spacial score (nSPS) is 10.2. The third kappa shape index (κ3) is 5.37. The van der Waals surface area contributed by atoms with E-state index in [0.29, 0.717) is 15.7 Å². The highest BCUT2D eigenvalue weighted by Crippen LogP contribution is 2.25. The average Bonchev–Trinajstić information content (AvgIpc) is 2.58. The highest BCUT2D eigenvalue weighted by molar-refractivity contribution is 6.42. The number of hydrogen-bond acceptors (Lipinski definition) is 2. The molecule has 0 bridgehead atoms. The van der Waals surface area contributed by atoms with Crippen LogP contribution in [0.3, 0.4) is 0 Å².